The minimum atomic E-state index is -1.49. The number of carbonyl (C=O) groups is 2. The van der Waals surface area contributed by atoms with Crippen LogP contribution < -0.4 is 14.8 Å². The molecule has 2 aromatic carbocycles. The first-order chi connectivity index (χ1) is 12.5. The maximum absolute atomic E-state index is 12.3. The third kappa shape index (κ3) is 4.53. The van der Waals surface area contributed by atoms with E-state index in [0.717, 1.165) is 0 Å². The van der Waals surface area contributed by atoms with Gasteiger partial charge in [0, 0.05) is 0 Å². The average molecular weight is 357 g/mol. The maximum atomic E-state index is 12.3. The van der Waals surface area contributed by atoms with Crippen LogP contribution in [0.4, 0.5) is 0 Å². The Hall–Kier alpha value is -3.02. The van der Waals surface area contributed by atoms with Gasteiger partial charge in [-0.1, -0.05) is 37.3 Å². The lowest BCUT2D eigenvalue weighted by atomic mass is 9.87. The molecule has 0 spiro atoms. The molecule has 0 aliphatic carbocycles. The van der Waals surface area contributed by atoms with Crippen LogP contribution in [0.2, 0.25) is 0 Å². The molecular formula is C20H23NO5. The van der Waals surface area contributed by atoms with Gasteiger partial charge in [0.15, 0.2) is 12.1 Å². The summed E-state index contributed by atoms with van der Waals surface area (Å²) in [6.45, 7) is 3.89. The number of ether oxygens (including phenoxy) is 2. The SMILES string of the molecule is CCOc1ccc(OCC(=O)NC(CC)(C(=O)O)c2ccccc2)cc1. The third-order valence-corrected chi connectivity index (χ3v) is 4.02. The monoisotopic (exact) mass is 357 g/mol. The topological polar surface area (TPSA) is 84.9 Å². The zero-order valence-electron chi connectivity index (χ0n) is 14.9. The third-order valence-electron chi connectivity index (χ3n) is 4.02. The van der Waals surface area contributed by atoms with E-state index in [2.05, 4.69) is 5.32 Å². The highest BCUT2D eigenvalue weighted by Crippen LogP contribution is 2.25. The van der Waals surface area contributed by atoms with Crippen LogP contribution in [0.1, 0.15) is 25.8 Å². The molecule has 26 heavy (non-hydrogen) atoms. The van der Waals surface area contributed by atoms with Crippen molar-refractivity contribution in [2.24, 2.45) is 0 Å². The Bertz CT molecular complexity index is 730. The van der Waals surface area contributed by atoms with Gasteiger partial charge >= 0.3 is 5.97 Å². The molecule has 2 rings (SSSR count). The minimum Gasteiger partial charge on any atom is -0.494 e. The molecule has 0 radical (unpaired) electrons. The Labute approximate surface area is 152 Å². The number of aliphatic carboxylic acids is 1. The summed E-state index contributed by atoms with van der Waals surface area (Å²) in [4.78, 5) is 24.2. The van der Waals surface area contributed by atoms with Crippen molar-refractivity contribution in [3.8, 4) is 11.5 Å². The number of hydrogen-bond donors (Lipinski definition) is 2. The Kier molecular flexibility index (Phi) is 6.60. The first-order valence-corrected chi connectivity index (χ1v) is 8.47. The number of rotatable bonds is 9. The zero-order valence-corrected chi connectivity index (χ0v) is 14.9. The van der Waals surface area contributed by atoms with Crippen molar-refractivity contribution in [3.63, 3.8) is 0 Å². The zero-order chi connectivity index (χ0) is 19.0. The highest BCUT2D eigenvalue weighted by molar-refractivity contribution is 5.88. The fourth-order valence-electron chi connectivity index (χ4n) is 2.64. The molecule has 0 heterocycles. The van der Waals surface area contributed by atoms with Gasteiger partial charge in [0.1, 0.15) is 11.5 Å². The molecule has 2 N–H and O–H groups in total. The predicted octanol–water partition coefficient (Wildman–Crippen LogP) is 2.97. The lowest BCUT2D eigenvalue weighted by Gasteiger charge is -2.30. The quantitative estimate of drug-likeness (QED) is 0.721. The van der Waals surface area contributed by atoms with E-state index in [1.165, 1.54) is 0 Å². The van der Waals surface area contributed by atoms with Gasteiger partial charge in [0.05, 0.1) is 6.61 Å². The lowest BCUT2D eigenvalue weighted by Crippen LogP contribution is -2.52. The maximum Gasteiger partial charge on any atom is 0.334 e. The second-order valence-electron chi connectivity index (χ2n) is 5.67. The van der Waals surface area contributed by atoms with Crippen LogP contribution in [0, 0.1) is 0 Å². The molecule has 6 nitrogen and oxygen atoms in total. The Morgan fingerprint density at radius 2 is 1.54 bits per heavy atom. The van der Waals surface area contributed by atoms with Gasteiger partial charge in [-0.15, -0.1) is 0 Å². The number of hydrogen-bond acceptors (Lipinski definition) is 4. The molecule has 0 saturated heterocycles. The number of carboxylic acids is 1. The molecule has 0 bridgehead atoms. The minimum absolute atomic E-state index is 0.209. The number of amides is 1. The fraction of sp³-hybridized carbons (Fsp3) is 0.300. The number of benzene rings is 2. The second kappa shape index (κ2) is 8.89. The van der Waals surface area contributed by atoms with Crippen molar-refractivity contribution in [2.45, 2.75) is 25.8 Å². The van der Waals surface area contributed by atoms with Crippen molar-refractivity contribution in [3.05, 3.63) is 60.2 Å². The van der Waals surface area contributed by atoms with Gasteiger partial charge in [-0.05, 0) is 43.2 Å². The van der Waals surface area contributed by atoms with Crippen LogP contribution in [0.3, 0.4) is 0 Å². The summed E-state index contributed by atoms with van der Waals surface area (Å²) >= 11 is 0. The fourth-order valence-corrected chi connectivity index (χ4v) is 2.64. The van der Waals surface area contributed by atoms with Crippen molar-refractivity contribution in [2.75, 3.05) is 13.2 Å². The van der Waals surface area contributed by atoms with Gasteiger partial charge < -0.3 is 19.9 Å². The van der Waals surface area contributed by atoms with Gasteiger partial charge in [-0.3, -0.25) is 4.79 Å². The van der Waals surface area contributed by atoms with E-state index in [9.17, 15) is 14.7 Å². The summed E-state index contributed by atoms with van der Waals surface area (Å²) < 4.78 is 10.8. The summed E-state index contributed by atoms with van der Waals surface area (Å²) in [5.41, 5.74) is -0.968. The van der Waals surface area contributed by atoms with Crippen LogP contribution in [-0.4, -0.2) is 30.2 Å². The lowest BCUT2D eigenvalue weighted by molar-refractivity contribution is -0.148. The molecule has 2 aromatic rings. The first kappa shape index (κ1) is 19.3. The summed E-state index contributed by atoms with van der Waals surface area (Å²) in [6, 6.07) is 15.5. The van der Waals surface area contributed by atoms with E-state index in [0.29, 0.717) is 23.7 Å². The van der Waals surface area contributed by atoms with Crippen molar-refractivity contribution in [1.29, 1.82) is 0 Å². The Balaban J connectivity index is 2.04. The van der Waals surface area contributed by atoms with Crippen molar-refractivity contribution in [1.82, 2.24) is 5.32 Å². The van der Waals surface area contributed by atoms with Crippen molar-refractivity contribution < 1.29 is 24.2 Å². The molecule has 1 atom stereocenters. The van der Waals surface area contributed by atoms with Crippen LogP contribution in [-0.2, 0) is 15.1 Å². The van der Waals surface area contributed by atoms with Gasteiger partial charge in [-0.25, -0.2) is 4.79 Å². The molecule has 1 amide bonds. The highest BCUT2D eigenvalue weighted by Gasteiger charge is 2.40. The van der Waals surface area contributed by atoms with Crippen LogP contribution in [0.25, 0.3) is 0 Å². The Morgan fingerprint density at radius 1 is 0.962 bits per heavy atom. The van der Waals surface area contributed by atoms with Gasteiger partial charge in [0.25, 0.3) is 5.91 Å². The molecule has 138 valence electrons. The van der Waals surface area contributed by atoms with Crippen LogP contribution >= 0.6 is 0 Å². The van der Waals surface area contributed by atoms with Crippen molar-refractivity contribution >= 4 is 11.9 Å². The molecule has 0 fully saturated rings. The second-order valence-corrected chi connectivity index (χ2v) is 5.67. The standard InChI is InChI=1S/C20H23NO5/c1-3-20(19(23)24,15-8-6-5-7-9-15)21-18(22)14-26-17-12-10-16(11-13-17)25-4-2/h5-13H,3-4,14H2,1-2H3,(H,21,22)(H,23,24). The normalized spacial score (nSPS) is 12.7. The van der Waals surface area contributed by atoms with E-state index in [-0.39, 0.29) is 13.0 Å². The molecule has 0 saturated carbocycles. The van der Waals surface area contributed by atoms with E-state index in [1.807, 2.05) is 6.92 Å². The van der Waals surface area contributed by atoms with Crippen LogP contribution in [0.5, 0.6) is 11.5 Å². The van der Waals surface area contributed by atoms with Gasteiger partial charge in [0.2, 0.25) is 0 Å². The predicted molar refractivity (Wildman–Crippen MR) is 97.3 cm³/mol. The number of carbonyl (C=O) groups excluding carboxylic acids is 1. The van der Waals surface area contributed by atoms with Gasteiger partial charge in [-0.2, -0.15) is 0 Å². The van der Waals surface area contributed by atoms with E-state index in [1.54, 1.807) is 61.5 Å². The summed E-state index contributed by atoms with van der Waals surface area (Å²) in [6.07, 6.45) is 0.209. The van der Waals surface area contributed by atoms with E-state index < -0.39 is 17.4 Å². The molecule has 0 aliphatic heterocycles. The molecule has 0 aromatic heterocycles. The number of nitrogens with one attached hydrogen (secondary N) is 1. The van der Waals surface area contributed by atoms with E-state index in [4.69, 9.17) is 9.47 Å². The Morgan fingerprint density at radius 3 is 2.04 bits per heavy atom. The van der Waals surface area contributed by atoms with Crippen LogP contribution in [0.15, 0.2) is 54.6 Å². The molecule has 6 heteroatoms. The summed E-state index contributed by atoms with van der Waals surface area (Å²) in [7, 11) is 0. The largest absolute Gasteiger partial charge is 0.494 e. The summed E-state index contributed by atoms with van der Waals surface area (Å²) in [5.74, 6) is -0.405. The molecule has 1 unspecified atom stereocenters. The van der Waals surface area contributed by atoms with E-state index >= 15 is 0 Å². The first-order valence-electron chi connectivity index (χ1n) is 8.47. The average Bonchev–Trinajstić information content (AvgIpc) is 2.66. The summed E-state index contributed by atoms with van der Waals surface area (Å²) in [5, 5.41) is 12.3. The molecule has 0 aliphatic rings. The molecular weight excluding hydrogens is 334 g/mol. The number of carboxylic acid groups (broad SMARTS) is 1. The highest BCUT2D eigenvalue weighted by atomic mass is 16.5. The smallest absolute Gasteiger partial charge is 0.334 e.